The number of likely N-dealkylation sites (tertiary alicyclic amines) is 1. The van der Waals surface area contributed by atoms with Gasteiger partial charge in [0.05, 0.1) is 32.4 Å². The van der Waals surface area contributed by atoms with Gasteiger partial charge in [-0.15, -0.1) is 11.3 Å². The van der Waals surface area contributed by atoms with Crippen molar-refractivity contribution >= 4 is 23.1 Å². The standard InChI is InChI=1S/C24H27N3O4S/c1-16-5-6-17(13-21(16)31-4)24(22-25-10-12-32-22)9-11-27(15-24)23(28)26-19-14-18(29-2)7-8-20(19)30-3/h5-8,10,12-14H,9,11,15H2,1-4H3,(H,26,28). The summed E-state index contributed by atoms with van der Waals surface area (Å²) in [5.41, 5.74) is 2.36. The second-order valence-corrected chi connectivity index (χ2v) is 8.67. The Labute approximate surface area is 191 Å². The van der Waals surface area contributed by atoms with Crippen molar-refractivity contribution in [3.8, 4) is 17.2 Å². The van der Waals surface area contributed by atoms with Crippen LogP contribution < -0.4 is 19.5 Å². The van der Waals surface area contributed by atoms with Gasteiger partial charge in [-0.25, -0.2) is 9.78 Å². The average Bonchev–Trinajstić information content (AvgIpc) is 3.50. The molecule has 32 heavy (non-hydrogen) atoms. The highest BCUT2D eigenvalue weighted by Crippen LogP contribution is 2.43. The van der Waals surface area contributed by atoms with Gasteiger partial charge in [-0.3, -0.25) is 0 Å². The molecule has 2 aromatic carbocycles. The van der Waals surface area contributed by atoms with E-state index in [1.165, 1.54) is 0 Å². The number of thiazole rings is 1. The van der Waals surface area contributed by atoms with Crippen LogP contribution in [0, 0.1) is 6.92 Å². The molecular weight excluding hydrogens is 426 g/mol. The van der Waals surface area contributed by atoms with Gasteiger partial charge in [0.2, 0.25) is 0 Å². The number of carbonyl (C=O) groups is 1. The number of nitrogens with one attached hydrogen (secondary N) is 1. The van der Waals surface area contributed by atoms with Crippen LogP contribution in [0.15, 0.2) is 48.0 Å². The number of anilines is 1. The number of hydrogen-bond acceptors (Lipinski definition) is 6. The number of hydrogen-bond donors (Lipinski definition) is 1. The Balaban J connectivity index is 1.63. The van der Waals surface area contributed by atoms with E-state index in [-0.39, 0.29) is 11.4 Å². The molecule has 0 radical (unpaired) electrons. The molecule has 1 unspecified atom stereocenters. The van der Waals surface area contributed by atoms with E-state index in [1.807, 2.05) is 23.4 Å². The van der Waals surface area contributed by atoms with Crippen LogP contribution in [0.3, 0.4) is 0 Å². The van der Waals surface area contributed by atoms with E-state index >= 15 is 0 Å². The van der Waals surface area contributed by atoms with E-state index in [2.05, 4.69) is 28.5 Å². The molecular formula is C24H27N3O4S. The van der Waals surface area contributed by atoms with Crippen LogP contribution in [0.5, 0.6) is 17.2 Å². The van der Waals surface area contributed by atoms with Gasteiger partial charge in [0, 0.05) is 30.7 Å². The smallest absolute Gasteiger partial charge is 0.321 e. The van der Waals surface area contributed by atoms with Gasteiger partial charge in [-0.1, -0.05) is 12.1 Å². The van der Waals surface area contributed by atoms with Crippen LogP contribution in [0.1, 0.15) is 22.6 Å². The Kier molecular flexibility index (Phi) is 6.23. The maximum Gasteiger partial charge on any atom is 0.321 e. The van der Waals surface area contributed by atoms with Crippen molar-refractivity contribution in [3.05, 3.63) is 64.1 Å². The summed E-state index contributed by atoms with van der Waals surface area (Å²) in [6.45, 7) is 3.15. The Hall–Kier alpha value is -3.26. The van der Waals surface area contributed by atoms with Crippen LogP contribution in [-0.4, -0.2) is 50.3 Å². The Morgan fingerprint density at radius 2 is 1.91 bits per heavy atom. The summed E-state index contributed by atoms with van der Waals surface area (Å²) >= 11 is 1.61. The van der Waals surface area contributed by atoms with Crippen molar-refractivity contribution in [2.45, 2.75) is 18.8 Å². The molecule has 1 saturated heterocycles. The van der Waals surface area contributed by atoms with E-state index in [4.69, 9.17) is 14.2 Å². The Morgan fingerprint density at radius 1 is 1.09 bits per heavy atom. The van der Waals surface area contributed by atoms with Gasteiger partial charge >= 0.3 is 6.03 Å². The number of rotatable bonds is 6. The lowest BCUT2D eigenvalue weighted by Crippen LogP contribution is -2.37. The highest BCUT2D eigenvalue weighted by Gasteiger charge is 2.45. The van der Waals surface area contributed by atoms with E-state index in [9.17, 15) is 4.79 Å². The predicted octanol–water partition coefficient (Wildman–Crippen LogP) is 4.70. The summed E-state index contributed by atoms with van der Waals surface area (Å²) in [7, 11) is 4.84. The molecule has 2 amide bonds. The van der Waals surface area contributed by atoms with Crippen LogP contribution in [0.4, 0.5) is 10.5 Å². The van der Waals surface area contributed by atoms with Crippen molar-refractivity contribution in [2.24, 2.45) is 0 Å². The van der Waals surface area contributed by atoms with Crippen LogP contribution in [0.2, 0.25) is 0 Å². The van der Waals surface area contributed by atoms with Gasteiger partial charge in [-0.05, 0) is 42.7 Å². The molecule has 1 aliphatic rings. The molecule has 7 nitrogen and oxygen atoms in total. The number of aromatic nitrogens is 1. The third-order valence-corrected chi connectivity index (χ3v) is 6.98. The zero-order valence-corrected chi connectivity index (χ0v) is 19.5. The van der Waals surface area contributed by atoms with E-state index < -0.39 is 0 Å². The predicted molar refractivity (Wildman–Crippen MR) is 125 cm³/mol. The van der Waals surface area contributed by atoms with Crippen molar-refractivity contribution in [1.29, 1.82) is 0 Å². The second kappa shape index (κ2) is 9.08. The van der Waals surface area contributed by atoms with Gasteiger partial charge in [0.25, 0.3) is 0 Å². The van der Waals surface area contributed by atoms with Crippen molar-refractivity contribution in [3.63, 3.8) is 0 Å². The number of urea groups is 1. The third-order valence-electron chi connectivity index (χ3n) is 6.01. The molecule has 0 aliphatic carbocycles. The largest absolute Gasteiger partial charge is 0.497 e. The molecule has 4 rings (SSSR count). The summed E-state index contributed by atoms with van der Waals surface area (Å²) in [5, 5.41) is 5.96. The molecule has 0 saturated carbocycles. The second-order valence-electron chi connectivity index (χ2n) is 7.77. The lowest BCUT2D eigenvalue weighted by molar-refractivity contribution is 0.220. The molecule has 1 fully saturated rings. The van der Waals surface area contributed by atoms with Crippen molar-refractivity contribution < 1.29 is 19.0 Å². The summed E-state index contributed by atoms with van der Waals surface area (Å²) in [5.74, 6) is 2.06. The molecule has 3 aromatic rings. The molecule has 0 bridgehead atoms. The monoisotopic (exact) mass is 453 g/mol. The number of carbonyl (C=O) groups excluding carboxylic acids is 1. The first-order valence-corrected chi connectivity index (χ1v) is 11.2. The molecule has 1 N–H and O–H groups in total. The highest BCUT2D eigenvalue weighted by molar-refractivity contribution is 7.09. The molecule has 0 spiro atoms. The van der Waals surface area contributed by atoms with Crippen LogP contribution in [-0.2, 0) is 5.41 Å². The zero-order valence-electron chi connectivity index (χ0n) is 18.7. The number of benzene rings is 2. The fourth-order valence-corrected chi connectivity index (χ4v) is 5.08. The topological polar surface area (TPSA) is 72.9 Å². The summed E-state index contributed by atoms with van der Waals surface area (Å²) in [6, 6.07) is 11.4. The molecule has 8 heteroatoms. The maximum absolute atomic E-state index is 13.2. The lowest BCUT2D eigenvalue weighted by Gasteiger charge is -2.28. The number of methoxy groups -OCH3 is 3. The minimum absolute atomic E-state index is 0.186. The fraction of sp³-hybridized carbons (Fsp3) is 0.333. The number of amides is 2. The highest BCUT2D eigenvalue weighted by atomic mass is 32.1. The molecule has 2 heterocycles. The first-order valence-electron chi connectivity index (χ1n) is 10.3. The van der Waals surface area contributed by atoms with Gasteiger partial charge in [0.1, 0.15) is 22.3 Å². The van der Waals surface area contributed by atoms with Gasteiger partial charge in [-0.2, -0.15) is 0 Å². The summed E-state index contributed by atoms with van der Waals surface area (Å²) < 4.78 is 16.3. The molecule has 1 aliphatic heterocycles. The number of nitrogens with zero attached hydrogens (tertiary/aromatic N) is 2. The summed E-state index contributed by atoms with van der Waals surface area (Å²) in [4.78, 5) is 19.7. The first kappa shape index (κ1) is 22.0. The SMILES string of the molecule is COc1ccc(OC)c(NC(=O)N2CCC(c3ccc(C)c(OC)c3)(c3nccs3)C2)c1. The normalized spacial score (nSPS) is 17.8. The summed E-state index contributed by atoms with van der Waals surface area (Å²) in [6.07, 6.45) is 2.59. The minimum atomic E-state index is -0.384. The zero-order chi connectivity index (χ0) is 22.7. The lowest BCUT2D eigenvalue weighted by atomic mass is 9.79. The minimum Gasteiger partial charge on any atom is -0.497 e. The van der Waals surface area contributed by atoms with Gasteiger partial charge in [0.15, 0.2) is 0 Å². The maximum atomic E-state index is 13.2. The third kappa shape index (κ3) is 3.98. The van der Waals surface area contributed by atoms with Crippen LogP contribution >= 0.6 is 11.3 Å². The molecule has 168 valence electrons. The van der Waals surface area contributed by atoms with E-state index in [1.54, 1.807) is 50.9 Å². The number of ether oxygens (including phenoxy) is 3. The quantitative estimate of drug-likeness (QED) is 0.586. The van der Waals surface area contributed by atoms with Gasteiger partial charge < -0.3 is 24.4 Å². The van der Waals surface area contributed by atoms with E-state index in [0.29, 0.717) is 30.3 Å². The molecule has 1 aromatic heterocycles. The number of aryl methyl sites for hydroxylation is 1. The van der Waals surface area contributed by atoms with E-state index in [0.717, 1.165) is 28.3 Å². The van der Waals surface area contributed by atoms with Crippen LogP contribution in [0.25, 0.3) is 0 Å². The first-order chi connectivity index (χ1) is 15.5. The van der Waals surface area contributed by atoms with Crippen molar-refractivity contribution in [1.82, 2.24) is 9.88 Å². The molecule has 1 atom stereocenters. The fourth-order valence-electron chi connectivity index (χ4n) is 4.20. The Bertz CT molecular complexity index is 1100. The Morgan fingerprint density at radius 3 is 2.59 bits per heavy atom. The average molecular weight is 454 g/mol. The van der Waals surface area contributed by atoms with Crippen molar-refractivity contribution in [2.75, 3.05) is 39.7 Å².